The SMILES string of the molecule is CCOc1ccc(/C=C2/SC(=O)N(Cc3ccccc3F)C2=O)cc1OCC. The van der Waals surface area contributed by atoms with Crippen molar-refractivity contribution in [2.45, 2.75) is 20.4 Å². The molecule has 2 aromatic rings. The molecule has 0 N–H and O–H groups in total. The van der Waals surface area contributed by atoms with Gasteiger partial charge in [-0.15, -0.1) is 0 Å². The standard InChI is InChI=1S/C21H20FNO4S/c1-3-26-17-10-9-14(11-18(17)27-4-2)12-19-20(24)23(21(25)28-19)13-15-7-5-6-8-16(15)22/h5-12H,3-4,13H2,1-2H3/b19-12+. The highest BCUT2D eigenvalue weighted by atomic mass is 32.2. The molecule has 2 aromatic carbocycles. The Labute approximate surface area is 167 Å². The second-order valence-electron chi connectivity index (χ2n) is 5.93. The molecule has 0 atom stereocenters. The van der Waals surface area contributed by atoms with E-state index in [2.05, 4.69) is 0 Å². The molecule has 3 rings (SSSR count). The number of imide groups is 1. The van der Waals surface area contributed by atoms with E-state index in [1.54, 1.807) is 42.5 Å². The molecule has 1 aliphatic rings. The summed E-state index contributed by atoms with van der Waals surface area (Å²) in [5.74, 6) is 0.307. The molecule has 0 radical (unpaired) electrons. The number of hydrogen-bond donors (Lipinski definition) is 0. The molecule has 146 valence electrons. The van der Waals surface area contributed by atoms with Gasteiger partial charge in [-0.3, -0.25) is 14.5 Å². The van der Waals surface area contributed by atoms with Crippen molar-refractivity contribution in [2.75, 3.05) is 13.2 Å². The summed E-state index contributed by atoms with van der Waals surface area (Å²) in [7, 11) is 0. The average Bonchev–Trinajstić information content (AvgIpc) is 2.93. The van der Waals surface area contributed by atoms with E-state index < -0.39 is 17.0 Å². The molecule has 2 amide bonds. The maximum Gasteiger partial charge on any atom is 0.293 e. The smallest absolute Gasteiger partial charge is 0.293 e. The molecule has 0 unspecified atom stereocenters. The first-order valence-electron chi connectivity index (χ1n) is 8.92. The van der Waals surface area contributed by atoms with Crippen molar-refractivity contribution in [3.63, 3.8) is 0 Å². The third-order valence-electron chi connectivity index (χ3n) is 4.03. The van der Waals surface area contributed by atoms with Crippen LogP contribution in [0.25, 0.3) is 6.08 Å². The van der Waals surface area contributed by atoms with Crippen molar-refractivity contribution < 1.29 is 23.5 Å². The van der Waals surface area contributed by atoms with E-state index in [-0.39, 0.29) is 11.4 Å². The highest BCUT2D eigenvalue weighted by molar-refractivity contribution is 8.18. The minimum atomic E-state index is -0.446. The highest BCUT2D eigenvalue weighted by Gasteiger charge is 2.35. The van der Waals surface area contributed by atoms with E-state index in [9.17, 15) is 14.0 Å². The first kappa shape index (κ1) is 19.9. The van der Waals surface area contributed by atoms with E-state index in [4.69, 9.17) is 9.47 Å². The lowest BCUT2D eigenvalue weighted by Gasteiger charge is -2.13. The van der Waals surface area contributed by atoms with Crippen LogP contribution in [0.5, 0.6) is 11.5 Å². The van der Waals surface area contributed by atoms with Crippen LogP contribution in [0.3, 0.4) is 0 Å². The van der Waals surface area contributed by atoms with Gasteiger partial charge in [0.05, 0.1) is 24.7 Å². The van der Waals surface area contributed by atoms with Crippen LogP contribution in [0.4, 0.5) is 9.18 Å². The average molecular weight is 401 g/mol. The van der Waals surface area contributed by atoms with Crippen molar-refractivity contribution >= 4 is 29.0 Å². The van der Waals surface area contributed by atoms with Gasteiger partial charge in [-0.2, -0.15) is 0 Å². The monoisotopic (exact) mass is 401 g/mol. The van der Waals surface area contributed by atoms with E-state index >= 15 is 0 Å². The summed E-state index contributed by atoms with van der Waals surface area (Å²) in [6.07, 6.45) is 1.63. The molecule has 5 nitrogen and oxygen atoms in total. The van der Waals surface area contributed by atoms with E-state index in [1.165, 1.54) is 6.07 Å². The molecule has 1 fully saturated rings. The van der Waals surface area contributed by atoms with Gasteiger partial charge in [0.1, 0.15) is 5.82 Å². The Kier molecular flexibility index (Phi) is 6.36. The second-order valence-corrected chi connectivity index (χ2v) is 6.92. The van der Waals surface area contributed by atoms with E-state index in [0.29, 0.717) is 35.8 Å². The summed E-state index contributed by atoms with van der Waals surface area (Å²) in [5, 5.41) is -0.421. The fourth-order valence-electron chi connectivity index (χ4n) is 2.74. The molecule has 0 spiro atoms. The Morgan fingerprint density at radius 3 is 2.46 bits per heavy atom. The Hall–Kier alpha value is -2.80. The molecule has 1 heterocycles. The zero-order valence-electron chi connectivity index (χ0n) is 15.6. The molecular weight excluding hydrogens is 381 g/mol. The molecule has 0 bridgehead atoms. The number of amides is 2. The summed E-state index contributed by atoms with van der Waals surface area (Å²) < 4.78 is 25.0. The minimum Gasteiger partial charge on any atom is -0.490 e. The summed E-state index contributed by atoms with van der Waals surface area (Å²) in [5.41, 5.74) is 1.01. The van der Waals surface area contributed by atoms with Crippen LogP contribution in [-0.2, 0) is 11.3 Å². The zero-order valence-corrected chi connectivity index (χ0v) is 16.4. The number of benzene rings is 2. The molecule has 0 saturated carbocycles. The zero-order chi connectivity index (χ0) is 20.1. The second kappa shape index (κ2) is 8.93. The number of carbonyl (C=O) groups is 2. The Balaban J connectivity index is 1.83. The van der Waals surface area contributed by atoms with Crippen LogP contribution >= 0.6 is 11.8 Å². The Bertz CT molecular complexity index is 928. The quantitative estimate of drug-likeness (QED) is 0.620. The molecule has 0 aliphatic carbocycles. The largest absolute Gasteiger partial charge is 0.490 e. The van der Waals surface area contributed by atoms with Crippen LogP contribution in [0.2, 0.25) is 0 Å². The van der Waals surface area contributed by atoms with Gasteiger partial charge in [-0.25, -0.2) is 4.39 Å². The normalized spacial score (nSPS) is 15.4. The van der Waals surface area contributed by atoms with Crippen LogP contribution in [0.1, 0.15) is 25.0 Å². The lowest BCUT2D eigenvalue weighted by molar-refractivity contribution is -0.123. The van der Waals surface area contributed by atoms with Crippen molar-refractivity contribution in [1.29, 1.82) is 0 Å². The van der Waals surface area contributed by atoms with Gasteiger partial charge < -0.3 is 9.47 Å². The van der Waals surface area contributed by atoms with E-state index in [1.807, 2.05) is 13.8 Å². The lowest BCUT2D eigenvalue weighted by Crippen LogP contribution is -2.27. The molecule has 1 saturated heterocycles. The predicted molar refractivity (Wildman–Crippen MR) is 107 cm³/mol. The van der Waals surface area contributed by atoms with Gasteiger partial charge in [-0.1, -0.05) is 24.3 Å². The first-order valence-corrected chi connectivity index (χ1v) is 9.73. The third-order valence-corrected chi connectivity index (χ3v) is 4.93. The van der Waals surface area contributed by atoms with Crippen LogP contribution in [0, 0.1) is 5.82 Å². The lowest BCUT2D eigenvalue weighted by atomic mass is 10.1. The fourth-order valence-corrected chi connectivity index (χ4v) is 3.58. The van der Waals surface area contributed by atoms with Gasteiger partial charge in [0.2, 0.25) is 0 Å². The minimum absolute atomic E-state index is 0.0951. The maximum absolute atomic E-state index is 13.9. The van der Waals surface area contributed by atoms with Crippen molar-refractivity contribution in [2.24, 2.45) is 0 Å². The first-order chi connectivity index (χ1) is 13.5. The number of thioether (sulfide) groups is 1. The topological polar surface area (TPSA) is 55.8 Å². The molecule has 0 aromatic heterocycles. The summed E-state index contributed by atoms with van der Waals surface area (Å²) in [6.45, 7) is 4.64. The number of ether oxygens (including phenoxy) is 2. The number of halogens is 1. The number of hydrogen-bond acceptors (Lipinski definition) is 5. The van der Waals surface area contributed by atoms with Gasteiger partial charge in [0, 0.05) is 5.56 Å². The van der Waals surface area contributed by atoms with Gasteiger partial charge in [0.15, 0.2) is 11.5 Å². The predicted octanol–water partition coefficient (Wildman–Crippen LogP) is 4.86. The van der Waals surface area contributed by atoms with Crippen LogP contribution in [-0.4, -0.2) is 29.3 Å². The molecular formula is C21H20FNO4S. The van der Waals surface area contributed by atoms with Crippen LogP contribution < -0.4 is 9.47 Å². The van der Waals surface area contributed by atoms with E-state index in [0.717, 1.165) is 16.7 Å². The number of nitrogens with zero attached hydrogens (tertiary/aromatic N) is 1. The number of rotatable bonds is 7. The van der Waals surface area contributed by atoms with Crippen LogP contribution in [0.15, 0.2) is 47.4 Å². The molecule has 7 heteroatoms. The molecule has 28 heavy (non-hydrogen) atoms. The van der Waals surface area contributed by atoms with Crippen molar-refractivity contribution in [3.8, 4) is 11.5 Å². The van der Waals surface area contributed by atoms with Crippen molar-refractivity contribution in [1.82, 2.24) is 4.90 Å². The van der Waals surface area contributed by atoms with Gasteiger partial charge >= 0.3 is 0 Å². The Morgan fingerprint density at radius 2 is 1.75 bits per heavy atom. The summed E-state index contributed by atoms with van der Waals surface area (Å²) >= 11 is 0.839. The van der Waals surface area contributed by atoms with Gasteiger partial charge in [-0.05, 0) is 55.4 Å². The third kappa shape index (κ3) is 4.36. The molecule has 1 aliphatic heterocycles. The number of carbonyl (C=O) groups excluding carboxylic acids is 2. The van der Waals surface area contributed by atoms with Gasteiger partial charge in [0.25, 0.3) is 11.1 Å². The summed E-state index contributed by atoms with van der Waals surface area (Å²) in [6, 6.07) is 11.4. The highest BCUT2D eigenvalue weighted by Crippen LogP contribution is 2.35. The summed E-state index contributed by atoms with van der Waals surface area (Å²) in [4.78, 5) is 26.3. The fraction of sp³-hybridized carbons (Fsp3) is 0.238. The van der Waals surface area contributed by atoms with Crippen molar-refractivity contribution in [3.05, 3.63) is 64.3 Å². The Morgan fingerprint density at radius 1 is 1.04 bits per heavy atom. The maximum atomic E-state index is 13.9.